The van der Waals surface area contributed by atoms with Crippen LogP contribution in [0.15, 0.2) is 47.6 Å². The molecule has 0 aliphatic heterocycles. The number of thioether (sulfide) groups is 1. The molecule has 0 bridgehead atoms. The van der Waals surface area contributed by atoms with Gasteiger partial charge in [-0.2, -0.15) is 0 Å². The predicted molar refractivity (Wildman–Crippen MR) is 119 cm³/mol. The van der Waals surface area contributed by atoms with Crippen LogP contribution < -0.4 is 10.6 Å². The second-order valence-corrected chi connectivity index (χ2v) is 8.16. The average molecular weight is 442 g/mol. The van der Waals surface area contributed by atoms with E-state index in [2.05, 4.69) is 20.8 Å². The highest BCUT2D eigenvalue weighted by Gasteiger charge is 2.19. The first-order chi connectivity index (χ1) is 14.8. The third-order valence-corrected chi connectivity index (χ3v) is 5.78. The monoisotopic (exact) mass is 441 g/mol. The summed E-state index contributed by atoms with van der Waals surface area (Å²) in [6, 6.07) is 11.5. The Hall–Kier alpha value is -3.20. The number of nitrogens with one attached hydrogen (secondary N) is 2. The molecule has 1 heterocycles. The molecule has 0 fully saturated rings. The number of aryl methyl sites for hydroxylation is 1. The van der Waals surface area contributed by atoms with Crippen molar-refractivity contribution in [3.05, 3.63) is 70.8 Å². The number of aromatic nitrogens is 3. The molecule has 2 N–H and O–H groups in total. The lowest BCUT2D eigenvalue weighted by atomic mass is 10.1. The molecular weight excluding hydrogens is 417 g/mol. The summed E-state index contributed by atoms with van der Waals surface area (Å²) in [6.07, 6.45) is 0. The van der Waals surface area contributed by atoms with Gasteiger partial charge in [-0.05, 0) is 45.0 Å². The first-order valence-electron chi connectivity index (χ1n) is 9.71. The van der Waals surface area contributed by atoms with Crippen molar-refractivity contribution in [3.8, 4) is 0 Å². The highest BCUT2D eigenvalue weighted by Crippen LogP contribution is 2.21. The van der Waals surface area contributed by atoms with Crippen LogP contribution in [0.1, 0.15) is 40.3 Å². The van der Waals surface area contributed by atoms with Crippen LogP contribution in [0.25, 0.3) is 0 Å². The van der Waals surface area contributed by atoms with Gasteiger partial charge in [-0.3, -0.25) is 9.59 Å². The number of carbonyl (C=O) groups is 2. The highest BCUT2D eigenvalue weighted by molar-refractivity contribution is 7.99. The van der Waals surface area contributed by atoms with Gasteiger partial charge in [0.25, 0.3) is 5.91 Å². The topological polar surface area (TPSA) is 88.9 Å². The molecule has 2 aromatic carbocycles. The zero-order valence-corrected chi connectivity index (χ0v) is 18.6. The van der Waals surface area contributed by atoms with Crippen molar-refractivity contribution in [3.63, 3.8) is 0 Å². The normalized spacial score (nSPS) is 11.8. The molecule has 0 unspecified atom stereocenters. The molecule has 1 aromatic heterocycles. The van der Waals surface area contributed by atoms with Crippen molar-refractivity contribution in [2.45, 2.75) is 32.0 Å². The van der Waals surface area contributed by atoms with E-state index < -0.39 is 0 Å². The van der Waals surface area contributed by atoms with E-state index in [-0.39, 0.29) is 29.4 Å². The van der Waals surface area contributed by atoms with E-state index in [1.807, 2.05) is 32.0 Å². The third-order valence-electron chi connectivity index (χ3n) is 4.76. The summed E-state index contributed by atoms with van der Waals surface area (Å²) < 4.78 is 15.4. The average Bonchev–Trinajstić information content (AvgIpc) is 3.10. The number of benzene rings is 2. The number of halogens is 1. The Morgan fingerprint density at radius 1 is 1.16 bits per heavy atom. The molecule has 1 atom stereocenters. The first kappa shape index (κ1) is 22.5. The lowest BCUT2D eigenvalue weighted by Crippen LogP contribution is -2.28. The molecule has 0 spiro atoms. The van der Waals surface area contributed by atoms with Crippen LogP contribution in [-0.4, -0.2) is 32.3 Å². The molecule has 3 rings (SSSR count). The van der Waals surface area contributed by atoms with E-state index in [1.54, 1.807) is 36.7 Å². The fraction of sp³-hybridized carbons (Fsp3) is 0.273. The molecule has 31 heavy (non-hydrogen) atoms. The van der Waals surface area contributed by atoms with Crippen molar-refractivity contribution < 1.29 is 14.0 Å². The van der Waals surface area contributed by atoms with Crippen molar-refractivity contribution >= 4 is 29.3 Å². The lowest BCUT2D eigenvalue weighted by Gasteiger charge is -2.14. The first-order valence-corrected chi connectivity index (χ1v) is 10.7. The predicted octanol–water partition coefficient (Wildman–Crippen LogP) is 3.79. The molecule has 0 aliphatic rings. The summed E-state index contributed by atoms with van der Waals surface area (Å²) in [6.45, 7) is 5.36. The van der Waals surface area contributed by atoms with E-state index in [9.17, 15) is 14.0 Å². The molecule has 162 valence electrons. The standard InChI is InChI=1S/C22H24FN5O2S/c1-13-7-5-8-16(11-13)21(30)24-15(3)20-26-27-22(28(20)4)31-12-19(29)25-18-10-6-9-17(23)14(18)2/h5-11,15H,12H2,1-4H3,(H,24,30)(H,25,29)/t15-/m1/s1. The van der Waals surface area contributed by atoms with Crippen LogP contribution in [0.3, 0.4) is 0 Å². The zero-order chi connectivity index (χ0) is 22.5. The van der Waals surface area contributed by atoms with Gasteiger partial charge in [0.15, 0.2) is 11.0 Å². The van der Waals surface area contributed by atoms with Crippen LogP contribution in [-0.2, 0) is 11.8 Å². The van der Waals surface area contributed by atoms with Gasteiger partial charge in [-0.1, -0.05) is 35.5 Å². The number of hydrogen-bond donors (Lipinski definition) is 2. The summed E-state index contributed by atoms with van der Waals surface area (Å²) in [5, 5.41) is 14.5. The Balaban J connectivity index is 1.59. The highest BCUT2D eigenvalue weighted by atomic mass is 32.2. The molecule has 0 saturated heterocycles. The van der Waals surface area contributed by atoms with Gasteiger partial charge in [-0.25, -0.2) is 4.39 Å². The largest absolute Gasteiger partial charge is 0.342 e. The van der Waals surface area contributed by atoms with Crippen LogP contribution in [0.2, 0.25) is 0 Å². The van der Waals surface area contributed by atoms with Crippen LogP contribution in [0.5, 0.6) is 0 Å². The van der Waals surface area contributed by atoms with E-state index in [0.29, 0.717) is 27.8 Å². The van der Waals surface area contributed by atoms with E-state index >= 15 is 0 Å². The quantitative estimate of drug-likeness (QED) is 0.545. The summed E-state index contributed by atoms with van der Waals surface area (Å²) in [4.78, 5) is 24.7. The summed E-state index contributed by atoms with van der Waals surface area (Å²) in [7, 11) is 1.78. The number of rotatable bonds is 7. The number of amides is 2. The SMILES string of the molecule is Cc1cccc(C(=O)N[C@H](C)c2nnc(SCC(=O)Nc3cccc(F)c3C)n2C)c1. The van der Waals surface area contributed by atoms with Gasteiger partial charge in [0.1, 0.15) is 5.82 Å². The molecule has 3 aromatic rings. The van der Waals surface area contributed by atoms with Crippen LogP contribution in [0, 0.1) is 19.7 Å². The van der Waals surface area contributed by atoms with Crippen molar-refractivity contribution in [1.29, 1.82) is 0 Å². The maximum Gasteiger partial charge on any atom is 0.251 e. The van der Waals surface area contributed by atoms with Gasteiger partial charge in [0.2, 0.25) is 5.91 Å². The molecule has 0 aliphatic carbocycles. The Morgan fingerprint density at radius 3 is 2.65 bits per heavy atom. The summed E-state index contributed by atoms with van der Waals surface area (Å²) in [5.41, 5.74) is 2.41. The second-order valence-electron chi connectivity index (χ2n) is 7.21. The van der Waals surface area contributed by atoms with Crippen LogP contribution in [0.4, 0.5) is 10.1 Å². The second kappa shape index (κ2) is 9.74. The Labute approximate surface area is 184 Å². The molecule has 2 amide bonds. The molecule has 9 heteroatoms. The van der Waals surface area contributed by atoms with Crippen molar-refractivity contribution in [1.82, 2.24) is 20.1 Å². The molecule has 7 nitrogen and oxygen atoms in total. The van der Waals surface area contributed by atoms with E-state index in [0.717, 1.165) is 5.56 Å². The summed E-state index contributed by atoms with van der Waals surface area (Å²) >= 11 is 1.21. The van der Waals surface area contributed by atoms with Crippen molar-refractivity contribution in [2.24, 2.45) is 7.05 Å². The molecule has 0 radical (unpaired) electrons. The van der Waals surface area contributed by atoms with Gasteiger partial charge < -0.3 is 15.2 Å². The molecule has 0 saturated carbocycles. The van der Waals surface area contributed by atoms with E-state index in [4.69, 9.17) is 0 Å². The van der Waals surface area contributed by atoms with E-state index in [1.165, 1.54) is 17.8 Å². The number of nitrogens with zero attached hydrogens (tertiary/aromatic N) is 3. The maximum atomic E-state index is 13.6. The number of anilines is 1. The third kappa shape index (κ3) is 5.49. The fourth-order valence-electron chi connectivity index (χ4n) is 3.02. The van der Waals surface area contributed by atoms with Crippen molar-refractivity contribution in [2.75, 3.05) is 11.1 Å². The lowest BCUT2D eigenvalue weighted by molar-refractivity contribution is -0.113. The number of hydrogen-bond acceptors (Lipinski definition) is 5. The minimum atomic E-state index is -0.372. The van der Waals surface area contributed by atoms with Gasteiger partial charge in [0, 0.05) is 23.9 Å². The summed E-state index contributed by atoms with van der Waals surface area (Å²) in [5.74, 6) is -0.177. The van der Waals surface area contributed by atoms with Gasteiger partial charge in [-0.15, -0.1) is 10.2 Å². The van der Waals surface area contributed by atoms with Gasteiger partial charge in [0.05, 0.1) is 11.8 Å². The zero-order valence-electron chi connectivity index (χ0n) is 17.8. The minimum absolute atomic E-state index is 0.0892. The maximum absolute atomic E-state index is 13.6. The smallest absolute Gasteiger partial charge is 0.251 e. The van der Waals surface area contributed by atoms with Crippen LogP contribution >= 0.6 is 11.8 Å². The number of carbonyl (C=O) groups excluding carboxylic acids is 2. The Morgan fingerprint density at radius 2 is 1.90 bits per heavy atom. The Kier molecular flexibility index (Phi) is 7.06. The fourth-order valence-corrected chi connectivity index (χ4v) is 3.74. The molecular formula is C22H24FN5O2S. The Bertz CT molecular complexity index is 1120. The van der Waals surface area contributed by atoms with Gasteiger partial charge >= 0.3 is 0 Å². The minimum Gasteiger partial charge on any atom is -0.342 e.